The van der Waals surface area contributed by atoms with E-state index in [0.717, 1.165) is 29.4 Å². The first-order valence-corrected chi connectivity index (χ1v) is 9.29. The van der Waals surface area contributed by atoms with Crippen LogP contribution < -0.4 is 20.1 Å². The van der Waals surface area contributed by atoms with Crippen LogP contribution in [-0.2, 0) is 13.1 Å². The van der Waals surface area contributed by atoms with E-state index in [1.165, 1.54) is 5.56 Å². The van der Waals surface area contributed by atoms with Gasteiger partial charge in [0.15, 0.2) is 5.96 Å². The van der Waals surface area contributed by atoms with Gasteiger partial charge in [-0.2, -0.15) is 0 Å². The van der Waals surface area contributed by atoms with Crippen LogP contribution in [-0.4, -0.2) is 30.7 Å². The maximum atomic E-state index is 5.95. The molecule has 0 atom stereocenters. The van der Waals surface area contributed by atoms with Gasteiger partial charge in [-0.25, -0.2) is 9.98 Å². The molecule has 2 rings (SSSR count). The normalized spacial score (nSPS) is 11.0. The number of hydrogen-bond donors (Lipinski definition) is 2. The smallest absolute Gasteiger partial charge is 0.213 e. The van der Waals surface area contributed by atoms with Crippen LogP contribution in [0.4, 0.5) is 0 Å². The van der Waals surface area contributed by atoms with Gasteiger partial charge >= 0.3 is 0 Å². The van der Waals surface area contributed by atoms with E-state index in [0.29, 0.717) is 19.0 Å². The summed E-state index contributed by atoms with van der Waals surface area (Å²) < 4.78 is 11.1. The van der Waals surface area contributed by atoms with Crippen LogP contribution in [0, 0.1) is 6.92 Å². The third-order valence-electron chi connectivity index (χ3n) is 3.80. The van der Waals surface area contributed by atoms with Crippen molar-refractivity contribution in [3.8, 4) is 11.6 Å². The Morgan fingerprint density at radius 1 is 1.18 bits per heavy atom. The predicted octanol–water partition coefficient (Wildman–Crippen LogP) is 4.06. The molecule has 0 bridgehead atoms. The minimum atomic E-state index is 0. The molecule has 0 aliphatic rings. The van der Waals surface area contributed by atoms with Gasteiger partial charge < -0.3 is 20.1 Å². The second kappa shape index (κ2) is 12.4. The van der Waals surface area contributed by atoms with E-state index in [-0.39, 0.29) is 30.1 Å². The highest BCUT2D eigenvalue weighted by molar-refractivity contribution is 14.0. The lowest BCUT2D eigenvalue weighted by molar-refractivity contribution is 0.239. The zero-order valence-electron chi connectivity index (χ0n) is 17.3. The SMILES string of the molecule is CCNC(=NCc1ccnc(OC)c1)NCc1ccc(C)cc1OC(C)C.I. The van der Waals surface area contributed by atoms with Crippen molar-refractivity contribution in [1.29, 1.82) is 0 Å². The molecule has 0 aliphatic heterocycles. The molecule has 0 saturated heterocycles. The van der Waals surface area contributed by atoms with Crippen molar-refractivity contribution < 1.29 is 9.47 Å². The summed E-state index contributed by atoms with van der Waals surface area (Å²) in [5.74, 6) is 2.26. The summed E-state index contributed by atoms with van der Waals surface area (Å²) in [5, 5.41) is 6.66. The zero-order valence-corrected chi connectivity index (χ0v) is 19.6. The van der Waals surface area contributed by atoms with Crippen molar-refractivity contribution >= 4 is 29.9 Å². The molecular formula is C21H31IN4O2. The number of aryl methyl sites for hydroxylation is 1. The second-order valence-corrected chi connectivity index (χ2v) is 6.53. The van der Waals surface area contributed by atoms with Gasteiger partial charge in [-0.3, -0.25) is 0 Å². The van der Waals surface area contributed by atoms with Crippen LogP contribution in [0.5, 0.6) is 11.6 Å². The van der Waals surface area contributed by atoms with Crippen molar-refractivity contribution in [3.05, 3.63) is 53.2 Å². The summed E-state index contributed by atoms with van der Waals surface area (Å²) in [6.07, 6.45) is 1.86. The molecular weight excluding hydrogens is 467 g/mol. The third kappa shape index (κ3) is 7.92. The van der Waals surface area contributed by atoms with Crippen LogP contribution in [0.3, 0.4) is 0 Å². The Hall–Kier alpha value is -2.03. The van der Waals surface area contributed by atoms with Crippen LogP contribution in [0.2, 0.25) is 0 Å². The molecule has 0 saturated carbocycles. The van der Waals surface area contributed by atoms with Gasteiger partial charge in [-0.15, -0.1) is 24.0 Å². The summed E-state index contributed by atoms with van der Waals surface area (Å²) in [4.78, 5) is 8.77. The van der Waals surface area contributed by atoms with E-state index in [9.17, 15) is 0 Å². The Labute approximate surface area is 185 Å². The van der Waals surface area contributed by atoms with Crippen LogP contribution >= 0.6 is 24.0 Å². The number of rotatable bonds is 8. The maximum absolute atomic E-state index is 5.95. The lowest BCUT2D eigenvalue weighted by Crippen LogP contribution is -2.36. The number of methoxy groups -OCH3 is 1. The van der Waals surface area contributed by atoms with Gasteiger partial charge in [0, 0.05) is 30.9 Å². The maximum Gasteiger partial charge on any atom is 0.213 e. The molecule has 0 amide bonds. The van der Waals surface area contributed by atoms with Crippen LogP contribution in [0.1, 0.15) is 37.5 Å². The molecule has 2 N–H and O–H groups in total. The Morgan fingerprint density at radius 2 is 1.96 bits per heavy atom. The van der Waals surface area contributed by atoms with Crippen LogP contribution in [0.15, 0.2) is 41.5 Å². The topological polar surface area (TPSA) is 67.8 Å². The quantitative estimate of drug-likeness (QED) is 0.327. The van der Waals surface area contributed by atoms with E-state index in [2.05, 4.69) is 45.7 Å². The average Bonchev–Trinajstić information content (AvgIpc) is 2.65. The summed E-state index contributed by atoms with van der Waals surface area (Å²) in [5.41, 5.74) is 3.32. The summed E-state index contributed by atoms with van der Waals surface area (Å²) in [7, 11) is 1.61. The Balaban J connectivity index is 0.00000392. The van der Waals surface area contributed by atoms with Crippen molar-refractivity contribution in [2.45, 2.75) is 46.9 Å². The van der Waals surface area contributed by atoms with E-state index in [1.807, 2.05) is 32.9 Å². The largest absolute Gasteiger partial charge is 0.491 e. The second-order valence-electron chi connectivity index (χ2n) is 6.53. The number of aliphatic imine (C=N–C) groups is 1. The Bertz CT molecular complexity index is 766. The van der Waals surface area contributed by atoms with Crippen molar-refractivity contribution in [3.63, 3.8) is 0 Å². The lowest BCUT2D eigenvalue weighted by atomic mass is 10.1. The summed E-state index contributed by atoms with van der Waals surface area (Å²) in [6.45, 7) is 10.1. The Kier molecular flexibility index (Phi) is 10.7. The highest BCUT2D eigenvalue weighted by atomic mass is 127. The van der Waals surface area contributed by atoms with E-state index in [1.54, 1.807) is 13.3 Å². The van der Waals surface area contributed by atoms with E-state index < -0.39 is 0 Å². The standard InChI is InChI=1S/C21H30N4O2.HI/c1-6-22-21(24-13-17-9-10-23-20(12-17)26-5)25-14-18-8-7-16(4)11-19(18)27-15(2)3;/h7-12,15H,6,13-14H2,1-5H3,(H2,22,24,25);1H. The van der Waals surface area contributed by atoms with Crippen LogP contribution in [0.25, 0.3) is 0 Å². The Morgan fingerprint density at radius 3 is 2.64 bits per heavy atom. The molecule has 1 heterocycles. The molecule has 0 unspecified atom stereocenters. The number of halogens is 1. The van der Waals surface area contributed by atoms with Gasteiger partial charge in [0.1, 0.15) is 5.75 Å². The first-order valence-electron chi connectivity index (χ1n) is 9.29. The fraction of sp³-hybridized carbons (Fsp3) is 0.429. The molecule has 1 aromatic heterocycles. The van der Waals surface area contributed by atoms with Gasteiger partial charge in [0.05, 0.1) is 19.8 Å². The first-order chi connectivity index (χ1) is 13.0. The van der Waals surface area contributed by atoms with Gasteiger partial charge in [-0.1, -0.05) is 12.1 Å². The highest BCUT2D eigenvalue weighted by Crippen LogP contribution is 2.21. The molecule has 0 fully saturated rings. The van der Waals surface area contributed by atoms with Crippen molar-refractivity contribution in [2.75, 3.05) is 13.7 Å². The number of nitrogens with zero attached hydrogens (tertiary/aromatic N) is 2. The summed E-state index contributed by atoms with van der Waals surface area (Å²) >= 11 is 0. The lowest BCUT2D eigenvalue weighted by Gasteiger charge is -2.17. The number of nitrogens with one attached hydrogen (secondary N) is 2. The van der Waals surface area contributed by atoms with Crippen molar-refractivity contribution in [1.82, 2.24) is 15.6 Å². The van der Waals surface area contributed by atoms with Gasteiger partial charge in [0.2, 0.25) is 5.88 Å². The molecule has 7 heteroatoms. The predicted molar refractivity (Wildman–Crippen MR) is 125 cm³/mol. The van der Waals surface area contributed by atoms with E-state index in [4.69, 9.17) is 9.47 Å². The van der Waals surface area contributed by atoms with E-state index >= 15 is 0 Å². The highest BCUT2D eigenvalue weighted by Gasteiger charge is 2.07. The average molecular weight is 498 g/mol. The number of ether oxygens (including phenoxy) is 2. The molecule has 154 valence electrons. The van der Waals surface area contributed by atoms with Gasteiger partial charge in [-0.05, 0) is 51.0 Å². The number of pyridine rings is 1. The number of guanidine groups is 1. The zero-order chi connectivity index (χ0) is 19.6. The number of benzene rings is 1. The minimum absolute atomic E-state index is 0. The molecule has 6 nitrogen and oxygen atoms in total. The molecule has 0 aliphatic carbocycles. The van der Waals surface area contributed by atoms with Crippen molar-refractivity contribution in [2.24, 2.45) is 4.99 Å². The number of hydrogen-bond acceptors (Lipinski definition) is 4. The van der Waals surface area contributed by atoms with Gasteiger partial charge in [0.25, 0.3) is 0 Å². The fourth-order valence-corrected chi connectivity index (χ4v) is 2.52. The minimum Gasteiger partial charge on any atom is -0.491 e. The summed E-state index contributed by atoms with van der Waals surface area (Å²) in [6, 6.07) is 10.1. The third-order valence-corrected chi connectivity index (χ3v) is 3.80. The molecule has 1 aromatic carbocycles. The number of aromatic nitrogens is 1. The first kappa shape index (κ1) is 24.0. The monoisotopic (exact) mass is 498 g/mol. The molecule has 28 heavy (non-hydrogen) atoms. The molecule has 0 radical (unpaired) electrons. The fourth-order valence-electron chi connectivity index (χ4n) is 2.52. The molecule has 2 aromatic rings. The molecule has 0 spiro atoms.